The van der Waals surface area contributed by atoms with Crippen LogP contribution in [0.4, 0.5) is 0 Å². The lowest BCUT2D eigenvalue weighted by molar-refractivity contribution is -0.690. The van der Waals surface area contributed by atoms with Crippen LogP contribution in [0.15, 0.2) is 58.1 Å². The molecule has 146 valence electrons. The van der Waals surface area contributed by atoms with Gasteiger partial charge < -0.3 is 15.4 Å². The highest BCUT2D eigenvalue weighted by molar-refractivity contribution is 5.85. The molecule has 2 aromatic heterocycles. The van der Waals surface area contributed by atoms with Crippen molar-refractivity contribution in [3.05, 3.63) is 91.8 Å². The predicted octanol–water partition coefficient (Wildman–Crippen LogP) is 1.23. The van der Waals surface area contributed by atoms with Crippen LogP contribution in [0.5, 0.6) is 5.88 Å². The van der Waals surface area contributed by atoms with Crippen molar-refractivity contribution in [2.75, 3.05) is 6.54 Å². The monoisotopic (exact) mass is 389 g/mol. The lowest BCUT2D eigenvalue weighted by Crippen LogP contribution is -2.87. The first-order chi connectivity index (χ1) is 14.0. The largest absolute Gasteiger partial charge is 0.494 e. The number of nitrogens with zero attached hydrogens (tertiary/aromatic N) is 1. The molecule has 0 saturated carbocycles. The molecule has 5 rings (SSSR count). The van der Waals surface area contributed by atoms with Gasteiger partial charge in [0.1, 0.15) is 5.56 Å². The molecular formula is C22H21N4O3+. The smallest absolute Gasteiger partial charge is 0.335 e. The highest BCUT2D eigenvalue weighted by Gasteiger charge is 2.34. The second-order valence-corrected chi connectivity index (χ2v) is 7.48. The molecular weight excluding hydrogens is 368 g/mol. The van der Waals surface area contributed by atoms with Crippen molar-refractivity contribution in [2.45, 2.75) is 19.4 Å². The van der Waals surface area contributed by atoms with Gasteiger partial charge in [-0.1, -0.05) is 35.9 Å². The number of aryl methyl sites for hydroxylation is 1. The van der Waals surface area contributed by atoms with E-state index in [2.05, 4.69) is 16.0 Å². The highest BCUT2D eigenvalue weighted by Crippen LogP contribution is 2.32. The van der Waals surface area contributed by atoms with Crippen molar-refractivity contribution >= 4 is 10.9 Å². The first-order valence-electron chi connectivity index (χ1n) is 9.62. The van der Waals surface area contributed by atoms with Gasteiger partial charge in [0, 0.05) is 17.3 Å². The number of nitrogens with one attached hydrogen (secondary N) is 2. The Morgan fingerprint density at radius 2 is 1.83 bits per heavy atom. The molecule has 0 saturated heterocycles. The zero-order chi connectivity index (χ0) is 20.1. The number of aromatic amines is 2. The summed E-state index contributed by atoms with van der Waals surface area (Å²) in [5.41, 5.74) is 3.54. The summed E-state index contributed by atoms with van der Waals surface area (Å²) in [5.74, 6) is -0.324. The fraction of sp³-hybridized carbons (Fsp3) is 0.182. The second kappa shape index (κ2) is 6.49. The van der Waals surface area contributed by atoms with Crippen molar-refractivity contribution in [1.82, 2.24) is 14.5 Å². The molecule has 0 unspecified atom stereocenters. The summed E-state index contributed by atoms with van der Waals surface area (Å²) in [6, 6.07) is 14.8. The van der Waals surface area contributed by atoms with Crippen LogP contribution >= 0.6 is 0 Å². The number of rotatable bonds is 2. The number of quaternary nitrogens is 1. The minimum atomic E-state index is -0.659. The van der Waals surface area contributed by atoms with Crippen molar-refractivity contribution in [3.63, 3.8) is 0 Å². The second-order valence-electron chi connectivity index (χ2n) is 7.48. The van der Waals surface area contributed by atoms with E-state index in [4.69, 9.17) is 0 Å². The van der Waals surface area contributed by atoms with Gasteiger partial charge in [-0.15, -0.1) is 0 Å². The lowest BCUT2D eigenvalue weighted by Gasteiger charge is -2.22. The molecule has 0 fully saturated rings. The van der Waals surface area contributed by atoms with Crippen molar-refractivity contribution in [3.8, 4) is 11.6 Å². The number of hydrogen-bond donors (Lipinski definition) is 4. The van der Waals surface area contributed by atoms with Gasteiger partial charge in [0.05, 0.1) is 17.9 Å². The fourth-order valence-corrected chi connectivity index (χ4v) is 4.28. The van der Waals surface area contributed by atoms with Crippen LogP contribution in [0, 0.1) is 6.92 Å². The van der Waals surface area contributed by atoms with Gasteiger partial charge in [-0.05, 0) is 30.7 Å². The fourth-order valence-electron chi connectivity index (χ4n) is 4.28. The van der Waals surface area contributed by atoms with Crippen molar-refractivity contribution in [2.24, 2.45) is 0 Å². The Balaban J connectivity index is 1.74. The van der Waals surface area contributed by atoms with Crippen LogP contribution in [-0.4, -0.2) is 26.2 Å². The third-order valence-corrected chi connectivity index (χ3v) is 5.68. The van der Waals surface area contributed by atoms with E-state index < -0.39 is 17.3 Å². The average molecular weight is 389 g/mol. The van der Waals surface area contributed by atoms with Crippen LogP contribution in [0.1, 0.15) is 28.4 Å². The molecule has 3 heterocycles. The normalized spacial score (nSPS) is 16.1. The number of benzene rings is 2. The maximum atomic E-state index is 12.8. The Labute approximate surface area is 165 Å². The molecule has 0 bridgehead atoms. The first kappa shape index (κ1) is 17.5. The van der Waals surface area contributed by atoms with Crippen molar-refractivity contribution in [1.29, 1.82) is 0 Å². The van der Waals surface area contributed by atoms with Crippen LogP contribution < -0.4 is 16.6 Å². The molecule has 1 aliphatic rings. The van der Waals surface area contributed by atoms with E-state index in [9.17, 15) is 14.7 Å². The van der Waals surface area contributed by atoms with Crippen LogP contribution in [0.2, 0.25) is 0 Å². The summed E-state index contributed by atoms with van der Waals surface area (Å²) in [4.78, 5) is 31.1. The molecule has 7 nitrogen and oxygen atoms in total. The number of H-pyrrole nitrogens is 2. The van der Waals surface area contributed by atoms with Gasteiger partial charge in [-0.25, -0.2) is 9.36 Å². The van der Waals surface area contributed by atoms with Gasteiger partial charge in [-0.2, -0.15) is 0 Å². The maximum absolute atomic E-state index is 12.8. The summed E-state index contributed by atoms with van der Waals surface area (Å²) in [7, 11) is 0. The molecule has 29 heavy (non-hydrogen) atoms. The van der Waals surface area contributed by atoms with E-state index in [1.165, 1.54) is 0 Å². The molecule has 4 aromatic rings. The molecule has 7 heteroatoms. The third kappa shape index (κ3) is 2.70. The first-order valence-corrected chi connectivity index (χ1v) is 9.62. The number of para-hydroxylation sites is 1. The zero-order valence-electron chi connectivity index (χ0n) is 15.9. The standard InChI is InChI=1S/C22H20N4O3/c1-12-6-8-13(9-7-12)26-21(28)17(20(27)25-22(26)29)19-18-15(10-11-23-19)14-4-2-3-5-16(14)24-18/h2-9,19,23-24,28H,10-11H2,1H3,(H,25,27,29)/p+1/t19-/m1/s1. The van der Waals surface area contributed by atoms with Crippen LogP contribution in [-0.2, 0) is 6.42 Å². The van der Waals surface area contributed by atoms with Crippen molar-refractivity contribution < 1.29 is 10.4 Å². The minimum Gasteiger partial charge on any atom is -0.494 e. The van der Waals surface area contributed by atoms with E-state index in [0.717, 1.165) is 45.3 Å². The Bertz CT molecular complexity index is 1350. The number of aromatic hydroxyl groups is 1. The van der Waals surface area contributed by atoms with E-state index in [1.807, 2.05) is 42.6 Å². The van der Waals surface area contributed by atoms with Gasteiger partial charge in [0.15, 0.2) is 6.04 Å². The predicted molar refractivity (Wildman–Crippen MR) is 110 cm³/mol. The summed E-state index contributed by atoms with van der Waals surface area (Å²) in [5, 5.41) is 14.2. The Morgan fingerprint density at radius 1 is 1.07 bits per heavy atom. The number of aromatic nitrogens is 3. The molecule has 0 spiro atoms. The Morgan fingerprint density at radius 3 is 2.62 bits per heavy atom. The summed E-state index contributed by atoms with van der Waals surface area (Å²) < 4.78 is 1.15. The Kier molecular flexibility index (Phi) is 3.92. The SMILES string of the molecule is Cc1ccc(-n2c(O)c([C@H]3[NH2+]CCc4c3[nH]c3ccccc43)c(=O)[nH]c2=O)cc1. The average Bonchev–Trinajstić information content (AvgIpc) is 3.09. The van der Waals surface area contributed by atoms with E-state index in [-0.39, 0.29) is 11.4 Å². The summed E-state index contributed by atoms with van der Waals surface area (Å²) in [6.07, 6.45) is 0.867. The summed E-state index contributed by atoms with van der Waals surface area (Å²) >= 11 is 0. The molecule has 2 aromatic carbocycles. The number of nitrogens with two attached hydrogens (primary N) is 1. The van der Waals surface area contributed by atoms with Gasteiger partial charge in [-0.3, -0.25) is 9.78 Å². The number of fused-ring (bicyclic) bond motifs is 3. The number of hydrogen-bond acceptors (Lipinski definition) is 3. The lowest BCUT2D eigenvalue weighted by atomic mass is 9.95. The molecule has 0 radical (unpaired) electrons. The minimum absolute atomic E-state index is 0.178. The topological polar surface area (TPSA) is 107 Å². The Hall–Kier alpha value is -3.58. The van der Waals surface area contributed by atoms with Gasteiger partial charge in [0.2, 0.25) is 5.88 Å². The highest BCUT2D eigenvalue weighted by atomic mass is 16.3. The van der Waals surface area contributed by atoms with E-state index in [0.29, 0.717) is 5.69 Å². The van der Waals surface area contributed by atoms with Gasteiger partial charge in [0.25, 0.3) is 5.56 Å². The van der Waals surface area contributed by atoms with Gasteiger partial charge >= 0.3 is 5.69 Å². The van der Waals surface area contributed by atoms with Crippen LogP contribution in [0.25, 0.3) is 16.6 Å². The molecule has 0 amide bonds. The molecule has 5 N–H and O–H groups in total. The van der Waals surface area contributed by atoms with E-state index in [1.54, 1.807) is 12.1 Å². The van der Waals surface area contributed by atoms with E-state index >= 15 is 0 Å². The molecule has 1 aliphatic heterocycles. The van der Waals surface area contributed by atoms with Crippen LogP contribution in [0.3, 0.4) is 0 Å². The zero-order valence-corrected chi connectivity index (χ0v) is 15.9. The molecule has 0 aliphatic carbocycles. The molecule has 1 atom stereocenters. The maximum Gasteiger partial charge on any atom is 0.335 e. The third-order valence-electron chi connectivity index (χ3n) is 5.68. The quantitative estimate of drug-likeness (QED) is 0.414. The summed E-state index contributed by atoms with van der Waals surface area (Å²) in [6.45, 7) is 2.72.